The molecule has 120 valence electrons. The molecule has 23 heavy (non-hydrogen) atoms. The molecule has 0 aliphatic heterocycles. The van der Waals surface area contributed by atoms with Crippen molar-refractivity contribution in [1.29, 1.82) is 5.26 Å². The Balaban J connectivity index is 1.95. The summed E-state index contributed by atoms with van der Waals surface area (Å²) in [5.74, 6) is 0.113. The number of hydrogen-bond acceptors (Lipinski definition) is 6. The smallest absolute Gasteiger partial charge is 0.234 e. The molecular formula is C14H14BrN5OS2. The number of thiocyanates is 1. The predicted octanol–water partition coefficient (Wildman–Crippen LogP) is 3.93. The van der Waals surface area contributed by atoms with E-state index >= 15 is 0 Å². The van der Waals surface area contributed by atoms with E-state index in [1.807, 2.05) is 23.8 Å². The molecule has 0 radical (unpaired) electrons. The van der Waals surface area contributed by atoms with Crippen molar-refractivity contribution in [2.24, 2.45) is 0 Å². The van der Waals surface area contributed by atoms with E-state index in [1.54, 1.807) is 24.5 Å². The molecule has 1 N–H and O–H groups in total. The maximum atomic E-state index is 12.1. The standard InChI is InChI=1S/C14H14BrN5OS2/c1-9(2)20-8-17-19-14(20)22-6-13(21)18-12-4-3-10(23-7-16)5-11(12)15/h3-5,8-9H,6H2,1-2H3,(H,18,21). The molecule has 1 aromatic heterocycles. The number of nitrogens with one attached hydrogen (secondary N) is 1. The summed E-state index contributed by atoms with van der Waals surface area (Å²) < 4.78 is 2.66. The summed E-state index contributed by atoms with van der Waals surface area (Å²) in [5.41, 5.74) is 0.670. The van der Waals surface area contributed by atoms with Crippen molar-refractivity contribution >= 4 is 51.0 Å². The van der Waals surface area contributed by atoms with E-state index < -0.39 is 0 Å². The van der Waals surface area contributed by atoms with Gasteiger partial charge in [-0.25, -0.2) is 0 Å². The highest BCUT2D eigenvalue weighted by Crippen LogP contribution is 2.28. The first-order chi connectivity index (χ1) is 11.0. The third kappa shape index (κ3) is 4.99. The number of benzene rings is 1. The minimum absolute atomic E-state index is 0.130. The highest BCUT2D eigenvalue weighted by molar-refractivity contribution is 9.10. The van der Waals surface area contributed by atoms with Crippen molar-refractivity contribution in [1.82, 2.24) is 14.8 Å². The van der Waals surface area contributed by atoms with Crippen molar-refractivity contribution in [3.63, 3.8) is 0 Å². The van der Waals surface area contributed by atoms with Crippen LogP contribution in [0.1, 0.15) is 19.9 Å². The fourth-order valence-electron chi connectivity index (χ4n) is 1.72. The Morgan fingerprint density at radius 3 is 2.96 bits per heavy atom. The van der Waals surface area contributed by atoms with Crippen LogP contribution in [0.25, 0.3) is 0 Å². The van der Waals surface area contributed by atoms with Gasteiger partial charge >= 0.3 is 0 Å². The molecule has 0 bridgehead atoms. The van der Waals surface area contributed by atoms with Crippen molar-refractivity contribution in [2.75, 3.05) is 11.1 Å². The highest BCUT2D eigenvalue weighted by Gasteiger charge is 2.12. The summed E-state index contributed by atoms with van der Waals surface area (Å²) in [6.45, 7) is 4.07. The number of anilines is 1. The lowest BCUT2D eigenvalue weighted by molar-refractivity contribution is -0.113. The number of amides is 1. The third-order valence-electron chi connectivity index (χ3n) is 2.81. The number of rotatable bonds is 6. The molecule has 2 aromatic rings. The number of carbonyl (C=O) groups excluding carboxylic acids is 1. The molecule has 6 nitrogen and oxygen atoms in total. The maximum absolute atomic E-state index is 12.1. The molecule has 0 saturated heterocycles. The fraction of sp³-hybridized carbons (Fsp3) is 0.286. The van der Waals surface area contributed by atoms with Crippen LogP contribution in [0.2, 0.25) is 0 Å². The molecule has 0 spiro atoms. The quantitative estimate of drug-likeness (QED) is 0.572. The Hall–Kier alpha value is -1.50. The van der Waals surface area contributed by atoms with Crippen LogP contribution < -0.4 is 5.32 Å². The number of nitriles is 1. The number of aromatic nitrogens is 3. The number of hydrogen-bond donors (Lipinski definition) is 1. The molecule has 2 rings (SSSR count). The summed E-state index contributed by atoms with van der Waals surface area (Å²) in [6, 6.07) is 5.60. The molecule has 1 aromatic carbocycles. The van der Waals surface area contributed by atoms with E-state index in [9.17, 15) is 4.79 Å². The molecule has 9 heteroatoms. The number of carbonyl (C=O) groups is 1. The predicted molar refractivity (Wildman–Crippen MR) is 95.4 cm³/mol. The Morgan fingerprint density at radius 1 is 1.52 bits per heavy atom. The zero-order valence-electron chi connectivity index (χ0n) is 12.5. The first-order valence-corrected chi connectivity index (χ1v) is 9.28. The average Bonchev–Trinajstić information content (AvgIpc) is 2.97. The number of nitrogens with zero attached hydrogens (tertiary/aromatic N) is 4. The lowest BCUT2D eigenvalue weighted by atomic mass is 10.3. The molecule has 1 amide bonds. The van der Waals surface area contributed by atoms with Crippen LogP contribution in [0.5, 0.6) is 0 Å². The zero-order chi connectivity index (χ0) is 16.8. The summed E-state index contributed by atoms with van der Waals surface area (Å²) in [5, 5.41) is 22.1. The van der Waals surface area contributed by atoms with Gasteiger partial charge in [-0.15, -0.1) is 10.2 Å². The van der Waals surface area contributed by atoms with Crippen LogP contribution in [0, 0.1) is 10.7 Å². The second-order valence-electron chi connectivity index (χ2n) is 4.79. The minimum Gasteiger partial charge on any atom is -0.324 e. The van der Waals surface area contributed by atoms with E-state index in [2.05, 4.69) is 31.4 Å². The van der Waals surface area contributed by atoms with Gasteiger partial charge < -0.3 is 9.88 Å². The summed E-state index contributed by atoms with van der Waals surface area (Å²) in [7, 11) is 0. The molecular weight excluding hydrogens is 398 g/mol. The zero-order valence-corrected chi connectivity index (χ0v) is 15.7. The lowest BCUT2D eigenvalue weighted by Gasteiger charge is -2.10. The van der Waals surface area contributed by atoms with E-state index in [-0.39, 0.29) is 17.7 Å². The monoisotopic (exact) mass is 411 g/mol. The summed E-state index contributed by atoms with van der Waals surface area (Å²) >= 11 is 5.81. The molecule has 0 unspecified atom stereocenters. The van der Waals surface area contributed by atoms with Crippen molar-refractivity contribution in [3.8, 4) is 5.40 Å². The Labute approximate surface area is 151 Å². The normalized spacial score (nSPS) is 10.6. The van der Waals surface area contributed by atoms with Gasteiger partial charge in [-0.1, -0.05) is 11.8 Å². The van der Waals surface area contributed by atoms with Gasteiger partial charge in [-0.3, -0.25) is 4.79 Å². The van der Waals surface area contributed by atoms with Crippen LogP contribution in [-0.4, -0.2) is 26.4 Å². The van der Waals surface area contributed by atoms with Gasteiger partial charge in [-0.2, -0.15) is 5.26 Å². The van der Waals surface area contributed by atoms with Gasteiger partial charge in [0.15, 0.2) is 5.16 Å². The van der Waals surface area contributed by atoms with Gasteiger partial charge in [0.05, 0.1) is 11.4 Å². The molecule has 0 fully saturated rings. The molecule has 0 aliphatic rings. The van der Waals surface area contributed by atoms with Crippen LogP contribution >= 0.6 is 39.5 Å². The topological polar surface area (TPSA) is 83.6 Å². The van der Waals surface area contributed by atoms with E-state index in [0.29, 0.717) is 5.69 Å². The van der Waals surface area contributed by atoms with Crippen LogP contribution in [-0.2, 0) is 4.79 Å². The fourth-order valence-corrected chi connectivity index (χ4v) is 3.61. The van der Waals surface area contributed by atoms with Crippen LogP contribution in [0.4, 0.5) is 5.69 Å². The number of halogens is 1. The summed E-state index contributed by atoms with van der Waals surface area (Å²) in [6.07, 6.45) is 1.66. The largest absolute Gasteiger partial charge is 0.324 e. The van der Waals surface area contributed by atoms with E-state index in [1.165, 1.54) is 11.8 Å². The SMILES string of the molecule is CC(C)n1cnnc1SCC(=O)Nc1ccc(SC#N)cc1Br. The van der Waals surface area contributed by atoms with Crippen LogP contribution in [0.3, 0.4) is 0 Å². The van der Waals surface area contributed by atoms with Gasteiger partial charge in [0.25, 0.3) is 0 Å². The second-order valence-corrected chi connectivity index (χ2v) is 7.44. The van der Waals surface area contributed by atoms with Crippen LogP contribution in [0.15, 0.2) is 39.1 Å². The Kier molecular flexibility index (Phi) is 6.50. The lowest BCUT2D eigenvalue weighted by Crippen LogP contribution is -2.15. The molecule has 0 aliphatic carbocycles. The minimum atomic E-state index is -0.130. The van der Waals surface area contributed by atoms with Gasteiger partial charge in [-0.05, 0) is 59.7 Å². The Bertz CT molecular complexity index is 741. The third-order valence-corrected chi connectivity index (χ3v) is 5.00. The average molecular weight is 412 g/mol. The molecule has 0 atom stereocenters. The van der Waals surface area contributed by atoms with Crippen molar-refractivity contribution in [2.45, 2.75) is 29.9 Å². The first kappa shape index (κ1) is 17.8. The van der Waals surface area contributed by atoms with Crippen molar-refractivity contribution in [3.05, 3.63) is 29.0 Å². The van der Waals surface area contributed by atoms with E-state index in [0.717, 1.165) is 26.3 Å². The van der Waals surface area contributed by atoms with Gasteiger partial charge in [0, 0.05) is 15.4 Å². The number of thioether (sulfide) groups is 2. The molecule has 0 saturated carbocycles. The second kappa shape index (κ2) is 8.38. The van der Waals surface area contributed by atoms with Crippen molar-refractivity contribution < 1.29 is 4.79 Å². The maximum Gasteiger partial charge on any atom is 0.234 e. The van der Waals surface area contributed by atoms with Gasteiger partial charge in [0.1, 0.15) is 11.7 Å². The Morgan fingerprint density at radius 2 is 2.30 bits per heavy atom. The first-order valence-electron chi connectivity index (χ1n) is 6.69. The summed E-state index contributed by atoms with van der Waals surface area (Å²) in [4.78, 5) is 12.9. The molecule has 1 heterocycles. The van der Waals surface area contributed by atoms with Gasteiger partial charge in [0.2, 0.25) is 5.91 Å². The van der Waals surface area contributed by atoms with E-state index in [4.69, 9.17) is 5.26 Å². The highest BCUT2D eigenvalue weighted by atomic mass is 79.9.